The molecule has 0 fully saturated rings. The van der Waals surface area contributed by atoms with Crippen LogP contribution in [0.15, 0.2) is 36.4 Å². The summed E-state index contributed by atoms with van der Waals surface area (Å²) in [5, 5.41) is 12.8. The molecule has 3 nitrogen and oxygen atoms in total. The Morgan fingerprint density at radius 3 is 2.60 bits per heavy atom. The Hall–Kier alpha value is -1.78. The van der Waals surface area contributed by atoms with Crippen LogP contribution < -0.4 is 5.32 Å². The summed E-state index contributed by atoms with van der Waals surface area (Å²) in [4.78, 5) is 10.7. The number of carboxylic acids is 1. The molecule has 2 aromatic rings. The molecule has 0 saturated heterocycles. The summed E-state index contributed by atoms with van der Waals surface area (Å²) >= 11 is 11.8. The average molecular weight is 314 g/mol. The molecule has 0 aromatic heterocycles. The van der Waals surface area contributed by atoms with E-state index in [9.17, 15) is 9.18 Å². The second kappa shape index (κ2) is 6.11. The van der Waals surface area contributed by atoms with Gasteiger partial charge >= 0.3 is 5.97 Å². The number of benzene rings is 2. The third kappa shape index (κ3) is 3.40. The van der Waals surface area contributed by atoms with Gasteiger partial charge in [-0.1, -0.05) is 29.3 Å². The minimum Gasteiger partial charge on any atom is -0.478 e. The van der Waals surface area contributed by atoms with E-state index in [1.165, 1.54) is 18.2 Å². The van der Waals surface area contributed by atoms with Crippen molar-refractivity contribution in [3.63, 3.8) is 0 Å². The summed E-state index contributed by atoms with van der Waals surface area (Å²) in [5.74, 6) is -2.06. The fourth-order valence-corrected chi connectivity index (χ4v) is 2.03. The van der Waals surface area contributed by atoms with Crippen LogP contribution in [0.25, 0.3) is 0 Å². The Balaban J connectivity index is 2.13. The second-order valence-electron chi connectivity index (χ2n) is 4.10. The quantitative estimate of drug-likeness (QED) is 0.877. The van der Waals surface area contributed by atoms with E-state index < -0.39 is 11.8 Å². The lowest BCUT2D eigenvalue weighted by atomic mass is 10.1. The number of rotatable bonds is 4. The van der Waals surface area contributed by atoms with Gasteiger partial charge in [-0.05, 0) is 35.9 Å². The van der Waals surface area contributed by atoms with Gasteiger partial charge in [0.25, 0.3) is 0 Å². The average Bonchev–Trinajstić information content (AvgIpc) is 2.39. The van der Waals surface area contributed by atoms with Crippen LogP contribution in [0.3, 0.4) is 0 Å². The van der Waals surface area contributed by atoms with Crippen molar-refractivity contribution >= 4 is 34.9 Å². The number of aromatic carboxylic acids is 1. The molecule has 0 unspecified atom stereocenters. The van der Waals surface area contributed by atoms with E-state index in [1.807, 2.05) is 0 Å². The van der Waals surface area contributed by atoms with Gasteiger partial charge in [-0.25, -0.2) is 9.18 Å². The zero-order chi connectivity index (χ0) is 14.7. The molecular formula is C14H10Cl2FNO2. The summed E-state index contributed by atoms with van der Waals surface area (Å²) in [6.07, 6.45) is 0. The van der Waals surface area contributed by atoms with Gasteiger partial charge in [-0.15, -0.1) is 0 Å². The standard InChI is InChI=1S/C14H10Cl2FNO2/c15-9-2-4-11(16)13(6-9)18-7-8-1-3-10(14(19)20)12(17)5-8/h1-6,18H,7H2,(H,19,20). The molecule has 0 amide bonds. The lowest BCUT2D eigenvalue weighted by Crippen LogP contribution is -2.04. The van der Waals surface area contributed by atoms with Crippen molar-refractivity contribution < 1.29 is 14.3 Å². The van der Waals surface area contributed by atoms with E-state index in [0.29, 0.717) is 27.8 Å². The highest BCUT2D eigenvalue weighted by Gasteiger charge is 2.10. The molecule has 20 heavy (non-hydrogen) atoms. The zero-order valence-electron chi connectivity index (χ0n) is 10.2. The predicted molar refractivity (Wildman–Crippen MR) is 77.1 cm³/mol. The number of halogens is 3. The Labute approximate surface area is 124 Å². The second-order valence-corrected chi connectivity index (χ2v) is 4.94. The molecular weight excluding hydrogens is 304 g/mol. The molecule has 0 aliphatic heterocycles. The first kappa shape index (κ1) is 14.6. The Morgan fingerprint density at radius 2 is 1.95 bits per heavy atom. The molecule has 0 spiro atoms. The highest BCUT2D eigenvalue weighted by Crippen LogP contribution is 2.26. The van der Waals surface area contributed by atoms with Crippen molar-refractivity contribution in [1.29, 1.82) is 0 Å². The van der Waals surface area contributed by atoms with Gasteiger partial charge in [0.1, 0.15) is 5.82 Å². The van der Waals surface area contributed by atoms with Crippen LogP contribution in [0.2, 0.25) is 10.0 Å². The van der Waals surface area contributed by atoms with Gasteiger partial charge < -0.3 is 10.4 Å². The van der Waals surface area contributed by atoms with Crippen LogP contribution in [0.1, 0.15) is 15.9 Å². The maximum absolute atomic E-state index is 13.5. The van der Waals surface area contributed by atoms with Crippen LogP contribution >= 0.6 is 23.2 Å². The number of hydrogen-bond acceptors (Lipinski definition) is 2. The predicted octanol–water partition coefficient (Wildman–Crippen LogP) is 4.44. The molecule has 0 aliphatic rings. The smallest absolute Gasteiger partial charge is 0.338 e. The van der Waals surface area contributed by atoms with Crippen LogP contribution in [0, 0.1) is 5.82 Å². The molecule has 0 bridgehead atoms. The summed E-state index contributed by atoms with van der Waals surface area (Å²) in [7, 11) is 0. The molecule has 0 heterocycles. The first-order valence-electron chi connectivity index (χ1n) is 5.68. The Bertz CT molecular complexity index is 662. The topological polar surface area (TPSA) is 49.3 Å². The van der Waals surface area contributed by atoms with Crippen LogP contribution in [0.5, 0.6) is 0 Å². The summed E-state index contributed by atoms with van der Waals surface area (Å²) in [5.41, 5.74) is 0.875. The SMILES string of the molecule is O=C(O)c1ccc(CNc2cc(Cl)ccc2Cl)cc1F. The molecule has 104 valence electrons. The van der Waals surface area contributed by atoms with Crippen molar-refractivity contribution in [2.75, 3.05) is 5.32 Å². The lowest BCUT2D eigenvalue weighted by molar-refractivity contribution is 0.0692. The maximum atomic E-state index is 13.5. The first-order chi connectivity index (χ1) is 9.47. The number of carboxylic acid groups (broad SMARTS) is 1. The largest absolute Gasteiger partial charge is 0.478 e. The number of anilines is 1. The number of hydrogen-bond donors (Lipinski definition) is 2. The van der Waals surface area contributed by atoms with Gasteiger partial charge in [0.05, 0.1) is 16.3 Å². The van der Waals surface area contributed by atoms with E-state index in [1.54, 1.807) is 18.2 Å². The van der Waals surface area contributed by atoms with E-state index in [2.05, 4.69) is 5.32 Å². The minimum atomic E-state index is -1.29. The fourth-order valence-electron chi connectivity index (χ4n) is 1.67. The van der Waals surface area contributed by atoms with Crippen molar-refractivity contribution in [2.45, 2.75) is 6.54 Å². The molecule has 2 rings (SSSR count). The molecule has 0 atom stereocenters. The summed E-state index contributed by atoms with van der Waals surface area (Å²) in [6, 6.07) is 8.92. The fraction of sp³-hybridized carbons (Fsp3) is 0.0714. The molecule has 2 aromatic carbocycles. The molecule has 0 radical (unpaired) electrons. The van der Waals surface area contributed by atoms with E-state index >= 15 is 0 Å². The van der Waals surface area contributed by atoms with Crippen molar-refractivity contribution in [1.82, 2.24) is 0 Å². The highest BCUT2D eigenvalue weighted by molar-refractivity contribution is 6.35. The zero-order valence-corrected chi connectivity index (χ0v) is 11.7. The third-order valence-corrected chi connectivity index (χ3v) is 3.24. The van der Waals surface area contributed by atoms with E-state index in [-0.39, 0.29) is 5.56 Å². The Kier molecular flexibility index (Phi) is 4.47. The number of nitrogens with one attached hydrogen (secondary N) is 1. The van der Waals surface area contributed by atoms with Gasteiger partial charge in [-0.2, -0.15) is 0 Å². The Morgan fingerprint density at radius 1 is 1.20 bits per heavy atom. The lowest BCUT2D eigenvalue weighted by Gasteiger charge is -2.09. The molecule has 6 heteroatoms. The van der Waals surface area contributed by atoms with Crippen LogP contribution in [0.4, 0.5) is 10.1 Å². The molecule has 0 aliphatic carbocycles. The highest BCUT2D eigenvalue weighted by atomic mass is 35.5. The first-order valence-corrected chi connectivity index (χ1v) is 6.43. The maximum Gasteiger partial charge on any atom is 0.338 e. The van der Waals surface area contributed by atoms with E-state index in [0.717, 1.165) is 0 Å². The normalized spacial score (nSPS) is 10.3. The molecule has 0 saturated carbocycles. The van der Waals surface area contributed by atoms with Gasteiger partial charge in [0.15, 0.2) is 0 Å². The van der Waals surface area contributed by atoms with E-state index in [4.69, 9.17) is 28.3 Å². The van der Waals surface area contributed by atoms with Gasteiger partial charge in [0.2, 0.25) is 0 Å². The summed E-state index contributed by atoms with van der Waals surface area (Å²) < 4.78 is 13.5. The van der Waals surface area contributed by atoms with Crippen molar-refractivity contribution in [3.05, 3.63) is 63.4 Å². The van der Waals surface area contributed by atoms with Crippen LogP contribution in [-0.4, -0.2) is 11.1 Å². The van der Waals surface area contributed by atoms with Crippen molar-refractivity contribution in [3.8, 4) is 0 Å². The van der Waals surface area contributed by atoms with Crippen LogP contribution in [-0.2, 0) is 6.54 Å². The number of carbonyl (C=O) groups is 1. The minimum absolute atomic E-state index is 0.302. The third-order valence-electron chi connectivity index (χ3n) is 2.68. The van der Waals surface area contributed by atoms with Gasteiger partial charge in [-0.3, -0.25) is 0 Å². The van der Waals surface area contributed by atoms with Crippen molar-refractivity contribution in [2.24, 2.45) is 0 Å². The monoisotopic (exact) mass is 313 g/mol. The summed E-state index contributed by atoms with van der Waals surface area (Å²) in [6.45, 7) is 0.302. The van der Waals surface area contributed by atoms with Gasteiger partial charge in [0, 0.05) is 11.6 Å². The molecule has 2 N–H and O–H groups in total.